The van der Waals surface area contributed by atoms with Crippen molar-refractivity contribution in [3.05, 3.63) is 70.3 Å². The third-order valence-corrected chi connectivity index (χ3v) is 6.00. The first-order valence-electron chi connectivity index (χ1n) is 10.3. The predicted octanol–water partition coefficient (Wildman–Crippen LogP) is 4.74. The fraction of sp³-hybridized carbons (Fsp3) is 0.208. The molecule has 2 aromatic carbocycles. The van der Waals surface area contributed by atoms with E-state index in [0.717, 1.165) is 33.2 Å². The summed E-state index contributed by atoms with van der Waals surface area (Å²) < 4.78 is 34.3. The minimum atomic E-state index is -2.92. The smallest absolute Gasteiger partial charge is 0.387 e. The second-order valence-electron chi connectivity index (χ2n) is 7.57. The van der Waals surface area contributed by atoms with Gasteiger partial charge in [-0.25, -0.2) is 0 Å². The van der Waals surface area contributed by atoms with Crippen LogP contribution in [0.3, 0.4) is 0 Å². The van der Waals surface area contributed by atoms with Crippen LogP contribution in [-0.2, 0) is 16.0 Å². The Morgan fingerprint density at radius 3 is 2.71 bits per heavy atom. The van der Waals surface area contributed by atoms with Crippen molar-refractivity contribution < 1.29 is 32.3 Å². The quantitative estimate of drug-likeness (QED) is 0.463. The van der Waals surface area contributed by atoms with Crippen molar-refractivity contribution in [1.29, 1.82) is 0 Å². The topological polar surface area (TPSA) is 88.9 Å². The van der Waals surface area contributed by atoms with Gasteiger partial charge in [-0.05, 0) is 54.1 Å². The molecule has 1 aromatic heterocycles. The standard InChI is InChI=1S/C24H20F2N2O5S/c1-14-2-7-18-16(13-32-19(18)10-14)12-21(29)27-8-9-28-22(30)20(34-24(28)31)11-15-3-5-17(6-4-15)33-23(25)26/h2-7,10-11,13,23H,8-9,12H2,1H3,(H,27,29). The highest BCUT2D eigenvalue weighted by Crippen LogP contribution is 2.32. The van der Waals surface area contributed by atoms with Gasteiger partial charge in [-0.2, -0.15) is 8.78 Å². The van der Waals surface area contributed by atoms with Gasteiger partial charge in [0.2, 0.25) is 5.91 Å². The zero-order chi connectivity index (χ0) is 24.2. The number of furan rings is 1. The molecule has 10 heteroatoms. The number of nitrogens with one attached hydrogen (secondary N) is 1. The van der Waals surface area contributed by atoms with Crippen molar-refractivity contribution in [3.63, 3.8) is 0 Å². The molecule has 1 fully saturated rings. The molecule has 3 aromatic rings. The van der Waals surface area contributed by atoms with Crippen LogP contribution >= 0.6 is 11.8 Å². The summed E-state index contributed by atoms with van der Waals surface area (Å²) in [7, 11) is 0. The molecule has 0 atom stereocenters. The van der Waals surface area contributed by atoms with Gasteiger partial charge in [0, 0.05) is 24.0 Å². The van der Waals surface area contributed by atoms with E-state index in [1.54, 1.807) is 6.26 Å². The number of carbonyl (C=O) groups is 3. The van der Waals surface area contributed by atoms with Crippen molar-refractivity contribution in [2.24, 2.45) is 0 Å². The summed E-state index contributed by atoms with van der Waals surface area (Å²) in [6.45, 7) is -0.833. The van der Waals surface area contributed by atoms with E-state index >= 15 is 0 Å². The number of nitrogens with zero attached hydrogens (tertiary/aromatic N) is 1. The first-order valence-corrected chi connectivity index (χ1v) is 11.2. The lowest BCUT2D eigenvalue weighted by molar-refractivity contribution is -0.124. The van der Waals surface area contributed by atoms with E-state index in [1.807, 2.05) is 25.1 Å². The molecule has 0 aliphatic carbocycles. The van der Waals surface area contributed by atoms with Gasteiger partial charge in [-0.3, -0.25) is 19.3 Å². The zero-order valence-electron chi connectivity index (χ0n) is 18.0. The Kier molecular flexibility index (Phi) is 6.97. The molecule has 34 heavy (non-hydrogen) atoms. The lowest BCUT2D eigenvalue weighted by Gasteiger charge is -2.12. The Bertz CT molecular complexity index is 1270. The number of thioether (sulfide) groups is 1. The molecule has 0 radical (unpaired) electrons. The number of imide groups is 1. The Labute approximate surface area is 197 Å². The maximum Gasteiger partial charge on any atom is 0.387 e. The van der Waals surface area contributed by atoms with E-state index in [2.05, 4.69) is 10.1 Å². The maximum atomic E-state index is 12.6. The van der Waals surface area contributed by atoms with Gasteiger partial charge < -0.3 is 14.5 Å². The number of ether oxygens (including phenoxy) is 1. The highest BCUT2D eigenvalue weighted by Gasteiger charge is 2.34. The number of fused-ring (bicyclic) bond motifs is 1. The monoisotopic (exact) mass is 486 g/mol. The number of alkyl halides is 2. The highest BCUT2D eigenvalue weighted by atomic mass is 32.2. The van der Waals surface area contributed by atoms with Gasteiger partial charge in [0.1, 0.15) is 11.3 Å². The average molecular weight is 486 g/mol. The molecule has 2 heterocycles. The Balaban J connectivity index is 1.31. The molecule has 1 aliphatic rings. The third-order valence-electron chi connectivity index (χ3n) is 5.10. The lowest BCUT2D eigenvalue weighted by atomic mass is 10.1. The van der Waals surface area contributed by atoms with Gasteiger partial charge in [0.25, 0.3) is 11.1 Å². The van der Waals surface area contributed by atoms with Crippen LogP contribution in [0.1, 0.15) is 16.7 Å². The summed E-state index contributed by atoms with van der Waals surface area (Å²) in [6, 6.07) is 11.5. The minimum absolute atomic E-state index is 0.00507. The largest absolute Gasteiger partial charge is 0.464 e. The van der Waals surface area contributed by atoms with E-state index in [0.29, 0.717) is 11.1 Å². The number of halogens is 2. The van der Waals surface area contributed by atoms with Crippen LogP contribution in [-0.4, -0.2) is 41.7 Å². The van der Waals surface area contributed by atoms with Crippen molar-refractivity contribution in [1.82, 2.24) is 10.2 Å². The minimum Gasteiger partial charge on any atom is -0.464 e. The first-order chi connectivity index (χ1) is 16.3. The van der Waals surface area contributed by atoms with Crippen LogP contribution in [0.5, 0.6) is 5.75 Å². The van der Waals surface area contributed by atoms with E-state index < -0.39 is 17.8 Å². The maximum absolute atomic E-state index is 12.6. The number of rotatable bonds is 8. The Morgan fingerprint density at radius 1 is 1.21 bits per heavy atom. The molecular weight excluding hydrogens is 466 g/mol. The molecule has 7 nitrogen and oxygen atoms in total. The summed E-state index contributed by atoms with van der Waals surface area (Å²) in [6.07, 6.45) is 3.17. The van der Waals surface area contributed by atoms with Crippen LogP contribution in [0.4, 0.5) is 13.6 Å². The SMILES string of the molecule is Cc1ccc2c(CC(=O)NCCN3C(=O)SC(=Cc4ccc(OC(F)F)cc4)C3=O)coc2c1. The lowest BCUT2D eigenvalue weighted by Crippen LogP contribution is -2.37. The van der Waals surface area contributed by atoms with Gasteiger partial charge in [-0.1, -0.05) is 24.3 Å². The Morgan fingerprint density at radius 2 is 1.97 bits per heavy atom. The molecule has 0 spiro atoms. The molecule has 176 valence electrons. The van der Waals surface area contributed by atoms with E-state index in [-0.39, 0.29) is 36.1 Å². The van der Waals surface area contributed by atoms with E-state index in [1.165, 1.54) is 30.3 Å². The third kappa shape index (κ3) is 5.45. The fourth-order valence-electron chi connectivity index (χ4n) is 3.46. The normalized spacial score (nSPS) is 15.1. The molecule has 0 unspecified atom stereocenters. The molecule has 0 saturated carbocycles. The molecule has 3 amide bonds. The highest BCUT2D eigenvalue weighted by molar-refractivity contribution is 8.18. The van der Waals surface area contributed by atoms with Crippen LogP contribution < -0.4 is 10.1 Å². The second-order valence-corrected chi connectivity index (χ2v) is 8.56. The summed E-state index contributed by atoms with van der Waals surface area (Å²) in [4.78, 5) is 38.5. The molecule has 1 N–H and O–H groups in total. The molecule has 1 aliphatic heterocycles. The average Bonchev–Trinajstić information content (AvgIpc) is 3.29. The summed E-state index contributed by atoms with van der Waals surface area (Å²) in [5.41, 5.74) is 3.08. The predicted molar refractivity (Wildman–Crippen MR) is 123 cm³/mol. The van der Waals surface area contributed by atoms with Crippen LogP contribution in [0.25, 0.3) is 17.0 Å². The van der Waals surface area contributed by atoms with Gasteiger partial charge in [-0.15, -0.1) is 0 Å². The fourth-order valence-corrected chi connectivity index (χ4v) is 4.32. The van der Waals surface area contributed by atoms with Crippen molar-refractivity contribution >= 4 is 45.9 Å². The first kappa shape index (κ1) is 23.5. The summed E-state index contributed by atoms with van der Waals surface area (Å²) in [5, 5.41) is 3.14. The molecule has 0 bridgehead atoms. The molecule has 4 rings (SSSR count). The zero-order valence-corrected chi connectivity index (χ0v) is 18.9. The van der Waals surface area contributed by atoms with Gasteiger partial charge >= 0.3 is 6.61 Å². The van der Waals surface area contributed by atoms with E-state index in [4.69, 9.17) is 4.42 Å². The molecular formula is C24H20F2N2O5S. The number of hydrogen-bond acceptors (Lipinski definition) is 6. The van der Waals surface area contributed by atoms with Crippen LogP contribution in [0.15, 0.2) is 58.1 Å². The van der Waals surface area contributed by atoms with Crippen molar-refractivity contribution in [3.8, 4) is 5.75 Å². The van der Waals surface area contributed by atoms with E-state index in [9.17, 15) is 23.2 Å². The number of amides is 3. The van der Waals surface area contributed by atoms with Crippen molar-refractivity contribution in [2.45, 2.75) is 20.0 Å². The van der Waals surface area contributed by atoms with Crippen molar-refractivity contribution in [2.75, 3.05) is 13.1 Å². The summed E-state index contributed by atoms with van der Waals surface area (Å²) >= 11 is 0.779. The van der Waals surface area contributed by atoms with Crippen LogP contribution in [0.2, 0.25) is 0 Å². The van der Waals surface area contributed by atoms with Gasteiger partial charge in [0.15, 0.2) is 0 Å². The van der Waals surface area contributed by atoms with Crippen LogP contribution in [0, 0.1) is 6.92 Å². The molecule has 1 saturated heterocycles. The second kappa shape index (κ2) is 10.1. The number of carbonyl (C=O) groups excluding carboxylic acids is 3. The number of aryl methyl sites for hydroxylation is 1. The number of hydrogen-bond donors (Lipinski definition) is 1. The summed E-state index contributed by atoms with van der Waals surface area (Å²) in [5.74, 6) is -0.736. The number of benzene rings is 2. The van der Waals surface area contributed by atoms with Gasteiger partial charge in [0.05, 0.1) is 17.6 Å². The Hall–Kier alpha value is -3.66.